The predicted octanol–water partition coefficient (Wildman–Crippen LogP) is 2.81. The van der Waals surface area contributed by atoms with Crippen molar-refractivity contribution in [2.24, 2.45) is 0 Å². The second kappa shape index (κ2) is 6.83. The highest BCUT2D eigenvalue weighted by atomic mass is 19.4. The molecule has 0 saturated heterocycles. The van der Waals surface area contributed by atoms with Crippen molar-refractivity contribution in [1.82, 2.24) is 0 Å². The zero-order valence-corrected chi connectivity index (χ0v) is 10.1. The molecule has 0 radical (unpaired) electrons. The first-order chi connectivity index (χ1) is 7.79. The Morgan fingerprint density at radius 1 is 1.18 bits per heavy atom. The summed E-state index contributed by atoms with van der Waals surface area (Å²) in [5.74, 6) is -1.61. The summed E-state index contributed by atoms with van der Waals surface area (Å²) in [6, 6.07) is 0. The molecule has 0 aliphatic rings. The topological polar surface area (TPSA) is 46.5 Å². The number of aliphatic hydroxyl groups is 1. The van der Waals surface area contributed by atoms with Crippen LogP contribution in [0.1, 0.15) is 46.0 Å². The first-order valence-corrected chi connectivity index (χ1v) is 5.76. The van der Waals surface area contributed by atoms with E-state index in [2.05, 4.69) is 4.74 Å². The maximum atomic E-state index is 12.6. The van der Waals surface area contributed by atoms with Gasteiger partial charge in [0.1, 0.15) is 0 Å². The zero-order chi connectivity index (χ0) is 13.5. The zero-order valence-electron chi connectivity index (χ0n) is 10.1. The number of alkyl halides is 3. The second-order valence-corrected chi connectivity index (χ2v) is 3.89. The lowest BCUT2D eigenvalue weighted by Crippen LogP contribution is -2.52. The summed E-state index contributed by atoms with van der Waals surface area (Å²) in [7, 11) is 0. The van der Waals surface area contributed by atoms with Crippen LogP contribution in [0.15, 0.2) is 0 Å². The van der Waals surface area contributed by atoms with Crippen molar-refractivity contribution in [3.8, 4) is 0 Å². The molecule has 17 heavy (non-hydrogen) atoms. The quantitative estimate of drug-likeness (QED) is 0.562. The lowest BCUT2D eigenvalue weighted by Gasteiger charge is -2.27. The third-order valence-electron chi connectivity index (χ3n) is 2.47. The van der Waals surface area contributed by atoms with Crippen LogP contribution in [-0.4, -0.2) is 29.5 Å². The average molecular weight is 256 g/mol. The fraction of sp³-hybridized carbons (Fsp3) is 0.909. The van der Waals surface area contributed by atoms with E-state index in [1.807, 2.05) is 6.92 Å². The number of unbranched alkanes of at least 4 members (excludes halogenated alkanes) is 3. The predicted molar refractivity (Wildman–Crippen MR) is 56.4 cm³/mol. The van der Waals surface area contributed by atoms with E-state index in [0.29, 0.717) is 6.42 Å². The third-order valence-corrected chi connectivity index (χ3v) is 2.47. The Balaban J connectivity index is 4.57. The summed E-state index contributed by atoms with van der Waals surface area (Å²) in [6.07, 6.45) is -3.31. The summed E-state index contributed by atoms with van der Waals surface area (Å²) in [5, 5.41) is 9.45. The molecule has 0 heterocycles. The standard InChI is InChI=1S/C11H19F3O3/c1-3-5-6-7-8-10(16,11(12,13)14)9(15)17-4-2/h16H,3-8H2,1-2H3. The van der Waals surface area contributed by atoms with Crippen LogP contribution >= 0.6 is 0 Å². The van der Waals surface area contributed by atoms with Crippen LogP contribution in [0.25, 0.3) is 0 Å². The van der Waals surface area contributed by atoms with E-state index in [1.165, 1.54) is 6.92 Å². The molecule has 0 aliphatic heterocycles. The molecular formula is C11H19F3O3. The Morgan fingerprint density at radius 2 is 1.76 bits per heavy atom. The Kier molecular flexibility index (Phi) is 6.52. The Labute approximate surface area is 99.0 Å². The molecule has 0 aromatic carbocycles. The maximum Gasteiger partial charge on any atom is 0.428 e. The van der Waals surface area contributed by atoms with Gasteiger partial charge in [-0.05, 0) is 19.8 Å². The molecule has 102 valence electrons. The lowest BCUT2D eigenvalue weighted by molar-refractivity contribution is -0.264. The third kappa shape index (κ3) is 4.53. The Morgan fingerprint density at radius 3 is 2.18 bits per heavy atom. The van der Waals surface area contributed by atoms with Gasteiger partial charge in [-0.3, -0.25) is 0 Å². The number of carbonyl (C=O) groups excluding carboxylic acids is 1. The number of hydrogen-bond acceptors (Lipinski definition) is 3. The second-order valence-electron chi connectivity index (χ2n) is 3.89. The molecule has 3 nitrogen and oxygen atoms in total. The first kappa shape index (κ1) is 16.2. The van der Waals surface area contributed by atoms with Gasteiger partial charge in [0, 0.05) is 0 Å². The monoisotopic (exact) mass is 256 g/mol. The number of hydrogen-bond donors (Lipinski definition) is 1. The molecule has 0 aromatic rings. The molecule has 1 atom stereocenters. The van der Waals surface area contributed by atoms with Gasteiger partial charge in [-0.15, -0.1) is 0 Å². The molecule has 0 aromatic heterocycles. The van der Waals surface area contributed by atoms with Crippen LogP contribution in [-0.2, 0) is 9.53 Å². The molecule has 0 aliphatic carbocycles. The van der Waals surface area contributed by atoms with Gasteiger partial charge in [-0.1, -0.05) is 26.2 Å². The van der Waals surface area contributed by atoms with E-state index in [9.17, 15) is 23.1 Å². The van der Waals surface area contributed by atoms with Gasteiger partial charge in [0.15, 0.2) is 0 Å². The van der Waals surface area contributed by atoms with Crippen molar-refractivity contribution < 1.29 is 27.8 Å². The fourth-order valence-corrected chi connectivity index (χ4v) is 1.42. The van der Waals surface area contributed by atoms with Crippen molar-refractivity contribution in [2.75, 3.05) is 6.61 Å². The molecule has 0 bridgehead atoms. The summed E-state index contributed by atoms with van der Waals surface area (Å²) < 4.78 is 42.2. The first-order valence-electron chi connectivity index (χ1n) is 5.76. The van der Waals surface area contributed by atoms with Crippen molar-refractivity contribution in [3.05, 3.63) is 0 Å². The fourth-order valence-electron chi connectivity index (χ4n) is 1.42. The lowest BCUT2D eigenvalue weighted by atomic mass is 9.95. The Bertz CT molecular complexity index is 241. The number of ether oxygens (including phenoxy) is 1. The Hall–Kier alpha value is -0.780. The highest BCUT2D eigenvalue weighted by molar-refractivity contribution is 5.80. The van der Waals surface area contributed by atoms with Gasteiger partial charge in [0.05, 0.1) is 6.61 Å². The van der Waals surface area contributed by atoms with Crippen molar-refractivity contribution in [2.45, 2.75) is 57.7 Å². The number of rotatable bonds is 7. The summed E-state index contributed by atoms with van der Waals surface area (Å²) in [6.45, 7) is 3.12. The van der Waals surface area contributed by atoms with Crippen LogP contribution in [0, 0.1) is 0 Å². The smallest absolute Gasteiger partial charge is 0.428 e. The van der Waals surface area contributed by atoms with E-state index in [4.69, 9.17) is 0 Å². The number of halogens is 3. The SMILES string of the molecule is CCCCCCC(O)(C(=O)OCC)C(F)(F)F. The van der Waals surface area contributed by atoms with Gasteiger partial charge in [-0.25, -0.2) is 4.79 Å². The van der Waals surface area contributed by atoms with Crippen molar-refractivity contribution in [1.29, 1.82) is 0 Å². The van der Waals surface area contributed by atoms with Gasteiger partial charge in [-0.2, -0.15) is 13.2 Å². The van der Waals surface area contributed by atoms with E-state index in [0.717, 1.165) is 12.8 Å². The summed E-state index contributed by atoms with van der Waals surface area (Å²) >= 11 is 0. The molecule has 0 amide bonds. The minimum atomic E-state index is -4.99. The van der Waals surface area contributed by atoms with Crippen molar-refractivity contribution in [3.63, 3.8) is 0 Å². The van der Waals surface area contributed by atoms with E-state index in [-0.39, 0.29) is 13.0 Å². The minimum Gasteiger partial charge on any atom is -0.464 e. The molecule has 0 saturated carbocycles. The molecule has 0 rings (SSSR count). The van der Waals surface area contributed by atoms with Gasteiger partial charge < -0.3 is 9.84 Å². The van der Waals surface area contributed by atoms with E-state index < -0.39 is 24.2 Å². The highest BCUT2D eigenvalue weighted by Gasteiger charge is 2.60. The minimum absolute atomic E-state index is 0.142. The van der Waals surface area contributed by atoms with Crippen molar-refractivity contribution >= 4 is 5.97 Å². The van der Waals surface area contributed by atoms with E-state index in [1.54, 1.807) is 0 Å². The molecule has 0 spiro atoms. The molecule has 1 N–H and O–H groups in total. The molecule has 1 unspecified atom stereocenters. The van der Waals surface area contributed by atoms with Crippen LogP contribution in [0.5, 0.6) is 0 Å². The van der Waals surface area contributed by atoms with Gasteiger partial charge in [0.25, 0.3) is 5.60 Å². The highest BCUT2D eigenvalue weighted by Crippen LogP contribution is 2.35. The molecule has 6 heteroatoms. The van der Waals surface area contributed by atoms with E-state index >= 15 is 0 Å². The number of carbonyl (C=O) groups is 1. The number of esters is 1. The average Bonchev–Trinajstić information content (AvgIpc) is 2.22. The summed E-state index contributed by atoms with van der Waals surface area (Å²) in [4.78, 5) is 11.2. The van der Waals surface area contributed by atoms with Crippen LogP contribution in [0.2, 0.25) is 0 Å². The van der Waals surface area contributed by atoms with Crippen LogP contribution < -0.4 is 0 Å². The largest absolute Gasteiger partial charge is 0.464 e. The normalized spacial score (nSPS) is 15.4. The molecule has 0 fully saturated rings. The molecular weight excluding hydrogens is 237 g/mol. The van der Waals surface area contributed by atoms with Crippen LogP contribution in [0.4, 0.5) is 13.2 Å². The van der Waals surface area contributed by atoms with Gasteiger partial charge >= 0.3 is 12.1 Å². The maximum absolute atomic E-state index is 12.6. The van der Waals surface area contributed by atoms with Crippen LogP contribution in [0.3, 0.4) is 0 Å². The van der Waals surface area contributed by atoms with Gasteiger partial charge in [0.2, 0.25) is 0 Å². The summed E-state index contributed by atoms with van der Waals surface area (Å²) in [5.41, 5.74) is -3.36.